The van der Waals surface area contributed by atoms with E-state index in [4.69, 9.17) is 0 Å². The minimum Gasteiger partial charge on any atom is -0.358 e. The summed E-state index contributed by atoms with van der Waals surface area (Å²) in [4.78, 5) is 32.4. The highest BCUT2D eigenvalue weighted by atomic mass is 19.3. The summed E-state index contributed by atoms with van der Waals surface area (Å²) in [6.07, 6.45) is 1.66. The van der Waals surface area contributed by atoms with Crippen LogP contribution in [0.15, 0.2) is 60.1 Å². The van der Waals surface area contributed by atoms with Crippen molar-refractivity contribution < 1.29 is 28.4 Å². The highest BCUT2D eigenvalue weighted by Gasteiger charge is 2.37. The molecule has 0 atom stereocenters. The van der Waals surface area contributed by atoms with Gasteiger partial charge in [-0.15, -0.1) is 0 Å². The Bertz CT molecular complexity index is 916. The van der Waals surface area contributed by atoms with Crippen molar-refractivity contribution in [1.29, 1.82) is 0 Å². The minimum atomic E-state index is -2.88. The second kappa shape index (κ2) is 9.49. The van der Waals surface area contributed by atoms with Crippen molar-refractivity contribution >= 4 is 11.6 Å². The fraction of sp³-hybridized carbons (Fsp3) is 0.286. The smallest absolute Gasteiger partial charge is 0.345 e. The number of carbonyl (C=O) groups excluding carboxylic acids is 2. The number of nitrogens with zero attached hydrogens (tertiary/aromatic N) is 2. The normalized spacial score (nSPS) is 13.8. The molecule has 0 amide bonds. The molecule has 0 radical (unpaired) electrons. The molecule has 2 N–H and O–H groups in total. The molecular formula is C21H22F2N3O3+. The predicted molar refractivity (Wildman–Crippen MR) is 101 cm³/mol. The van der Waals surface area contributed by atoms with E-state index in [0.717, 1.165) is 5.69 Å². The summed E-state index contributed by atoms with van der Waals surface area (Å²) in [5.74, 6) is -0.564. The number of ether oxygens (including phenoxy) is 1. The number of halogens is 2. The molecule has 1 aromatic heterocycles. The first-order valence-corrected chi connectivity index (χ1v) is 9.33. The number of pyridine rings is 1. The molecule has 29 heavy (non-hydrogen) atoms. The van der Waals surface area contributed by atoms with Gasteiger partial charge in [0.2, 0.25) is 17.3 Å². The van der Waals surface area contributed by atoms with E-state index in [2.05, 4.69) is 9.72 Å². The molecule has 1 aliphatic carbocycles. The summed E-state index contributed by atoms with van der Waals surface area (Å²) < 4.78 is 28.8. The minimum absolute atomic E-state index is 0.0888. The number of likely N-dealkylation sites (N-methyl/N-ethyl adjacent to an activating group) is 1. The van der Waals surface area contributed by atoms with Crippen LogP contribution in [0.2, 0.25) is 0 Å². The maximum absolute atomic E-state index is 13.3. The van der Waals surface area contributed by atoms with Gasteiger partial charge in [-0.25, -0.2) is 0 Å². The van der Waals surface area contributed by atoms with Crippen molar-refractivity contribution in [3.05, 3.63) is 76.9 Å². The van der Waals surface area contributed by atoms with Crippen molar-refractivity contribution in [2.24, 2.45) is 0 Å². The number of rotatable bonds is 9. The highest BCUT2D eigenvalue weighted by Crippen LogP contribution is 2.26. The number of benzene rings is 1. The van der Waals surface area contributed by atoms with Gasteiger partial charge in [-0.3, -0.25) is 14.6 Å². The van der Waals surface area contributed by atoms with E-state index in [1.54, 1.807) is 41.4 Å². The van der Waals surface area contributed by atoms with Crippen LogP contribution in [-0.4, -0.2) is 47.8 Å². The van der Waals surface area contributed by atoms with Gasteiger partial charge in [-0.1, -0.05) is 30.3 Å². The zero-order chi connectivity index (χ0) is 20.8. The quantitative estimate of drug-likeness (QED) is 0.650. The average Bonchev–Trinajstić information content (AvgIpc) is 2.73. The zero-order valence-corrected chi connectivity index (χ0v) is 16.0. The van der Waals surface area contributed by atoms with E-state index in [1.165, 1.54) is 5.32 Å². The number of ketones is 2. The molecule has 3 rings (SSSR count). The molecule has 0 spiro atoms. The van der Waals surface area contributed by atoms with E-state index in [1.807, 2.05) is 19.1 Å². The third-order valence-electron chi connectivity index (χ3n) is 4.62. The van der Waals surface area contributed by atoms with Crippen molar-refractivity contribution in [1.82, 2.24) is 9.88 Å². The molecule has 0 saturated heterocycles. The van der Waals surface area contributed by atoms with Gasteiger partial charge in [0.15, 0.2) is 5.70 Å². The molecule has 1 heterocycles. The fourth-order valence-electron chi connectivity index (χ4n) is 3.28. The van der Waals surface area contributed by atoms with E-state index < -0.39 is 6.61 Å². The lowest BCUT2D eigenvalue weighted by Gasteiger charge is -2.28. The zero-order valence-electron chi connectivity index (χ0n) is 16.0. The van der Waals surface area contributed by atoms with Gasteiger partial charge >= 0.3 is 6.61 Å². The summed E-state index contributed by atoms with van der Waals surface area (Å²) in [5.41, 5.74) is 1.88. The Kier molecular flexibility index (Phi) is 6.79. The predicted octanol–water partition coefficient (Wildman–Crippen LogP) is 2.00. The van der Waals surface area contributed by atoms with E-state index >= 15 is 0 Å². The maximum atomic E-state index is 13.3. The number of aromatic nitrogens is 1. The Labute approximate surface area is 167 Å². The molecular weight excluding hydrogens is 380 g/mol. The van der Waals surface area contributed by atoms with Crippen LogP contribution in [0.1, 0.15) is 33.3 Å². The number of Topliss-reactive ketones (excluding diaryl/α,β-unsaturated/α-hetero) is 2. The standard InChI is InChI=1S/C21H21F2N3O3/c1-2-26(13-14-7-5-6-10-24-14)18-17(25-11-12-29-21(22)23)19(27)15-8-3-4-9-16(15)20(18)28/h3-10,21,25H,2,11-13H2,1H3/p+1. The number of allylic oxidation sites excluding steroid dienone is 2. The summed E-state index contributed by atoms with van der Waals surface area (Å²) in [6, 6.07) is 12.1. The van der Waals surface area contributed by atoms with Crippen molar-refractivity contribution in [2.45, 2.75) is 20.1 Å². The molecule has 0 fully saturated rings. The average molecular weight is 402 g/mol. The van der Waals surface area contributed by atoms with Crippen LogP contribution in [0.5, 0.6) is 0 Å². The monoisotopic (exact) mass is 402 g/mol. The summed E-state index contributed by atoms with van der Waals surface area (Å²) >= 11 is 0. The van der Waals surface area contributed by atoms with Gasteiger partial charge < -0.3 is 15.0 Å². The van der Waals surface area contributed by atoms with Crippen molar-refractivity contribution in [2.75, 3.05) is 19.7 Å². The van der Waals surface area contributed by atoms with Crippen LogP contribution >= 0.6 is 0 Å². The number of hydrogen-bond acceptors (Lipinski definition) is 5. The van der Waals surface area contributed by atoms with Gasteiger partial charge in [0.25, 0.3) is 0 Å². The molecule has 6 nitrogen and oxygen atoms in total. The van der Waals surface area contributed by atoms with E-state index in [9.17, 15) is 18.4 Å². The Hall–Kier alpha value is -2.97. The number of hydrogen-bond donors (Lipinski definition) is 1. The van der Waals surface area contributed by atoms with Gasteiger partial charge in [0.05, 0.1) is 12.2 Å². The molecule has 152 valence electrons. The summed E-state index contributed by atoms with van der Waals surface area (Å²) in [6.45, 7) is -0.338. The number of carbonyl (C=O) groups is 2. The van der Waals surface area contributed by atoms with Gasteiger partial charge in [0.1, 0.15) is 13.2 Å². The fourth-order valence-corrected chi connectivity index (χ4v) is 3.28. The first-order chi connectivity index (χ1) is 14.0. The molecule has 0 aliphatic heterocycles. The van der Waals surface area contributed by atoms with Crippen molar-refractivity contribution in [3.63, 3.8) is 0 Å². The lowest BCUT2D eigenvalue weighted by atomic mass is 9.89. The molecule has 0 bridgehead atoms. The first kappa shape index (κ1) is 20.8. The Morgan fingerprint density at radius 1 is 1.07 bits per heavy atom. The van der Waals surface area contributed by atoms with Crippen LogP contribution in [0.4, 0.5) is 8.78 Å². The molecule has 0 saturated carbocycles. The topological polar surface area (TPSA) is 76.1 Å². The largest absolute Gasteiger partial charge is 0.358 e. The lowest BCUT2D eigenvalue weighted by Crippen LogP contribution is -2.85. The van der Waals surface area contributed by atoms with Gasteiger partial charge in [0, 0.05) is 23.9 Å². The molecule has 2 aromatic rings. The number of alkyl halides is 2. The van der Waals surface area contributed by atoms with E-state index in [-0.39, 0.29) is 36.1 Å². The SMILES string of the molecule is CCN(Cc1ccccn1)C1=C([NH2+]CCOC(F)F)C(=O)c2ccccc2C1=O. The van der Waals surface area contributed by atoms with Crippen LogP contribution < -0.4 is 5.32 Å². The number of nitrogens with two attached hydrogens (primary N) is 1. The molecule has 1 aliphatic rings. The lowest BCUT2D eigenvalue weighted by molar-refractivity contribution is -0.603. The molecule has 1 aromatic carbocycles. The Morgan fingerprint density at radius 2 is 1.76 bits per heavy atom. The third-order valence-corrected chi connectivity index (χ3v) is 4.62. The summed E-state index contributed by atoms with van der Waals surface area (Å²) in [7, 11) is 0. The molecule has 0 unspecified atom stereocenters. The Morgan fingerprint density at radius 3 is 2.38 bits per heavy atom. The Balaban J connectivity index is 1.96. The highest BCUT2D eigenvalue weighted by molar-refractivity contribution is 6.25. The summed E-state index contributed by atoms with van der Waals surface area (Å²) in [5, 5.41) is 1.51. The van der Waals surface area contributed by atoms with Gasteiger partial charge in [-0.2, -0.15) is 8.78 Å². The van der Waals surface area contributed by atoms with Crippen LogP contribution in [0.3, 0.4) is 0 Å². The van der Waals surface area contributed by atoms with Crippen LogP contribution in [-0.2, 0) is 11.3 Å². The van der Waals surface area contributed by atoms with Gasteiger partial charge in [-0.05, 0) is 19.1 Å². The third kappa shape index (κ3) is 4.72. The number of quaternary nitrogens is 1. The van der Waals surface area contributed by atoms with Crippen molar-refractivity contribution in [3.8, 4) is 0 Å². The number of fused-ring (bicyclic) bond motifs is 1. The van der Waals surface area contributed by atoms with Crippen LogP contribution in [0, 0.1) is 0 Å². The van der Waals surface area contributed by atoms with Crippen LogP contribution in [0.25, 0.3) is 0 Å². The second-order valence-electron chi connectivity index (χ2n) is 6.43. The molecule has 8 heteroatoms. The first-order valence-electron chi connectivity index (χ1n) is 9.33. The van der Waals surface area contributed by atoms with E-state index in [0.29, 0.717) is 24.2 Å². The maximum Gasteiger partial charge on any atom is 0.345 e. The second-order valence-corrected chi connectivity index (χ2v) is 6.43.